The zero-order valence-corrected chi connectivity index (χ0v) is 12.3. The molecule has 2 nitrogen and oxygen atoms in total. The SMILES string of the molecule is CC1CNCC(C)N1c1ccccc1C(C)(C)C. The van der Waals surface area contributed by atoms with Crippen LogP contribution in [-0.4, -0.2) is 25.2 Å². The molecule has 1 aromatic rings. The van der Waals surface area contributed by atoms with Crippen LogP contribution in [0, 0.1) is 0 Å². The third-order valence-electron chi connectivity index (χ3n) is 3.82. The van der Waals surface area contributed by atoms with Gasteiger partial charge in [0.1, 0.15) is 0 Å². The first-order chi connectivity index (χ1) is 8.41. The number of hydrogen-bond acceptors (Lipinski definition) is 2. The first kappa shape index (κ1) is 13.4. The Morgan fingerprint density at radius 3 is 2.17 bits per heavy atom. The normalized spacial score (nSPS) is 25.3. The van der Waals surface area contributed by atoms with Crippen LogP contribution in [0.1, 0.15) is 40.2 Å². The Morgan fingerprint density at radius 2 is 1.61 bits per heavy atom. The molecular formula is C16H26N2. The van der Waals surface area contributed by atoms with Crippen molar-refractivity contribution in [3.8, 4) is 0 Å². The number of benzene rings is 1. The standard InChI is InChI=1S/C16H26N2/c1-12-10-17-11-13(2)18(12)15-9-7-6-8-14(15)16(3,4)5/h6-9,12-13,17H,10-11H2,1-5H3. The van der Waals surface area contributed by atoms with Gasteiger partial charge in [0, 0.05) is 30.9 Å². The van der Waals surface area contributed by atoms with Crippen LogP contribution >= 0.6 is 0 Å². The molecule has 2 rings (SSSR count). The second kappa shape index (κ2) is 4.93. The van der Waals surface area contributed by atoms with Gasteiger partial charge in [-0.25, -0.2) is 0 Å². The second-order valence-corrected chi connectivity index (χ2v) is 6.53. The average Bonchev–Trinajstić information content (AvgIpc) is 2.28. The predicted molar refractivity (Wildman–Crippen MR) is 79.4 cm³/mol. The summed E-state index contributed by atoms with van der Waals surface area (Å²) < 4.78 is 0. The predicted octanol–water partition coefficient (Wildman–Crippen LogP) is 3.17. The van der Waals surface area contributed by atoms with Crippen molar-refractivity contribution in [2.45, 2.75) is 52.1 Å². The highest BCUT2D eigenvalue weighted by Crippen LogP contribution is 2.34. The molecule has 2 unspecified atom stereocenters. The van der Waals surface area contributed by atoms with Gasteiger partial charge < -0.3 is 10.2 Å². The zero-order valence-electron chi connectivity index (χ0n) is 12.3. The van der Waals surface area contributed by atoms with E-state index in [0.29, 0.717) is 12.1 Å². The number of para-hydroxylation sites is 1. The van der Waals surface area contributed by atoms with Gasteiger partial charge in [-0.2, -0.15) is 0 Å². The number of nitrogens with one attached hydrogen (secondary N) is 1. The van der Waals surface area contributed by atoms with Crippen LogP contribution in [0.5, 0.6) is 0 Å². The molecule has 18 heavy (non-hydrogen) atoms. The molecule has 0 saturated carbocycles. The van der Waals surface area contributed by atoms with Crippen molar-refractivity contribution < 1.29 is 0 Å². The van der Waals surface area contributed by atoms with Crippen molar-refractivity contribution in [3.63, 3.8) is 0 Å². The molecule has 0 spiro atoms. The summed E-state index contributed by atoms with van der Waals surface area (Å²) in [4.78, 5) is 2.58. The van der Waals surface area contributed by atoms with Crippen LogP contribution in [0.25, 0.3) is 0 Å². The minimum absolute atomic E-state index is 0.195. The first-order valence-corrected chi connectivity index (χ1v) is 7.00. The Hall–Kier alpha value is -1.02. The van der Waals surface area contributed by atoms with E-state index in [1.165, 1.54) is 11.3 Å². The van der Waals surface area contributed by atoms with E-state index in [1.807, 2.05) is 0 Å². The summed E-state index contributed by atoms with van der Waals surface area (Å²) in [7, 11) is 0. The fourth-order valence-corrected chi connectivity index (χ4v) is 2.94. The summed E-state index contributed by atoms with van der Waals surface area (Å²) in [6, 6.07) is 9.97. The van der Waals surface area contributed by atoms with Crippen LogP contribution in [0.2, 0.25) is 0 Å². The van der Waals surface area contributed by atoms with Crippen LogP contribution in [0.4, 0.5) is 5.69 Å². The smallest absolute Gasteiger partial charge is 0.0409 e. The van der Waals surface area contributed by atoms with E-state index in [2.05, 4.69) is 69.1 Å². The molecule has 0 amide bonds. The van der Waals surface area contributed by atoms with E-state index in [9.17, 15) is 0 Å². The number of nitrogens with zero attached hydrogens (tertiary/aromatic N) is 1. The fourth-order valence-electron chi connectivity index (χ4n) is 2.94. The molecule has 2 heteroatoms. The zero-order chi connectivity index (χ0) is 13.3. The lowest BCUT2D eigenvalue weighted by molar-refractivity contribution is 0.428. The summed E-state index contributed by atoms with van der Waals surface area (Å²) in [5.74, 6) is 0. The van der Waals surface area contributed by atoms with Gasteiger partial charge in [0.2, 0.25) is 0 Å². The van der Waals surface area contributed by atoms with Crippen LogP contribution in [0.15, 0.2) is 24.3 Å². The number of anilines is 1. The van der Waals surface area contributed by atoms with E-state index < -0.39 is 0 Å². The van der Waals surface area contributed by atoms with Crippen molar-refractivity contribution in [1.29, 1.82) is 0 Å². The van der Waals surface area contributed by atoms with Crippen molar-refractivity contribution >= 4 is 5.69 Å². The van der Waals surface area contributed by atoms with Gasteiger partial charge in [-0.1, -0.05) is 39.0 Å². The largest absolute Gasteiger partial charge is 0.363 e. The lowest BCUT2D eigenvalue weighted by atomic mass is 9.85. The Labute approximate surface area is 111 Å². The van der Waals surface area contributed by atoms with E-state index in [1.54, 1.807) is 0 Å². The van der Waals surface area contributed by atoms with E-state index in [4.69, 9.17) is 0 Å². The van der Waals surface area contributed by atoms with Gasteiger partial charge in [0.25, 0.3) is 0 Å². The van der Waals surface area contributed by atoms with Gasteiger partial charge in [-0.05, 0) is 30.9 Å². The van der Waals surface area contributed by atoms with Gasteiger partial charge in [0.15, 0.2) is 0 Å². The molecule has 0 bridgehead atoms. The van der Waals surface area contributed by atoms with Crippen LogP contribution in [-0.2, 0) is 5.41 Å². The van der Waals surface area contributed by atoms with E-state index in [-0.39, 0.29) is 5.41 Å². The molecule has 0 aliphatic carbocycles. The highest BCUT2D eigenvalue weighted by atomic mass is 15.2. The highest BCUT2D eigenvalue weighted by Gasteiger charge is 2.28. The van der Waals surface area contributed by atoms with Crippen molar-refractivity contribution in [2.24, 2.45) is 0 Å². The maximum absolute atomic E-state index is 3.50. The van der Waals surface area contributed by atoms with Gasteiger partial charge in [-0.15, -0.1) is 0 Å². The fraction of sp³-hybridized carbons (Fsp3) is 0.625. The van der Waals surface area contributed by atoms with Crippen molar-refractivity contribution in [2.75, 3.05) is 18.0 Å². The van der Waals surface area contributed by atoms with E-state index >= 15 is 0 Å². The summed E-state index contributed by atoms with van der Waals surface area (Å²) in [5, 5.41) is 3.50. The summed E-state index contributed by atoms with van der Waals surface area (Å²) in [5.41, 5.74) is 3.05. The molecule has 1 aliphatic heterocycles. The summed E-state index contributed by atoms with van der Waals surface area (Å²) >= 11 is 0. The molecule has 1 N–H and O–H groups in total. The minimum Gasteiger partial charge on any atom is -0.363 e. The molecule has 0 radical (unpaired) electrons. The molecule has 1 fully saturated rings. The van der Waals surface area contributed by atoms with Crippen molar-refractivity contribution in [3.05, 3.63) is 29.8 Å². The minimum atomic E-state index is 0.195. The maximum atomic E-state index is 3.50. The van der Waals surface area contributed by atoms with Crippen LogP contribution in [0.3, 0.4) is 0 Å². The molecular weight excluding hydrogens is 220 g/mol. The topological polar surface area (TPSA) is 15.3 Å². The lowest BCUT2D eigenvalue weighted by Crippen LogP contribution is -2.55. The van der Waals surface area contributed by atoms with E-state index in [0.717, 1.165) is 13.1 Å². The van der Waals surface area contributed by atoms with Crippen LogP contribution < -0.4 is 10.2 Å². The molecule has 1 aromatic carbocycles. The number of hydrogen-bond donors (Lipinski definition) is 1. The third kappa shape index (κ3) is 2.54. The summed E-state index contributed by atoms with van der Waals surface area (Å²) in [6.07, 6.45) is 0. The lowest BCUT2D eigenvalue weighted by Gasteiger charge is -2.43. The quantitative estimate of drug-likeness (QED) is 0.819. The Balaban J connectivity index is 2.43. The second-order valence-electron chi connectivity index (χ2n) is 6.53. The Morgan fingerprint density at radius 1 is 1.06 bits per heavy atom. The Kier molecular flexibility index (Phi) is 3.67. The molecule has 0 aromatic heterocycles. The Bertz CT molecular complexity index is 396. The summed E-state index contributed by atoms with van der Waals surface area (Å²) in [6.45, 7) is 13.6. The monoisotopic (exact) mass is 246 g/mol. The van der Waals surface area contributed by atoms with Gasteiger partial charge in [-0.3, -0.25) is 0 Å². The molecule has 100 valence electrons. The van der Waals surface area contributed by atoms with Gasteiger partial charge in [0.05, 0.1) is 0 Å². The first-order valence-electron chi connectivity index (χ1n) is 7.00. The number of rotatable bonds is 1. The third-order valence-corrected chi connectivity index (χ3v) is 3.82. The molecule has 1 aliphatic rings. The molecule has 1 saturated heterocycles. The highest BCUT2D eigenvalue weighted by molar-refractivity contribution is 5.58. The molecule has 1 heterocycles. The maximum Gasteiger partial charge on any atom is 0.0409 e. The van der Waals surface area contributed by atoms with Gasteiger partial charge >= 0.3 is 0 Å². The number of piperazine rings is 1. The average molecular weight is 246 g/mol. The molecule has 2 atom stereocenters. The van der Waals surface area contributed by atoms with Crippen molar-refractivity contribution in [1.82, 2.24) is 5.32 Å².